The van der Waals surface area contributed by atoms with Crippen molar-refractivity contribution in [3.05, 3.63) is 30.9 Å². The van der Waals surface area contributed by atoms with Gasteiger partial charge in [0.05, 0.1) is 12.6 Å². The van der Waals surface area contributed by atoms with E-state index in [9.17, 15) is 5.11 Å². The van der Waals surface area contributed by atoms with E-state index in [-0.39, 0.29) is 12.6 Å². The Labute approximate surface area is 77.2 Å². The van der Waals surface area contributed by atoms with Gasteiger partial charge in [0.25, 0.3) is 0 Å². The van der Waals surface area contributed by atoms with Crippen LogP contribution in [0.2, 0.25) is 0 Å². The molecule has 13 heavy (non-hydrogen) atoms. The van der Waals surface area contributed by atoms with Crippen molar-refractivity contribution in [2.75, 3.05) is 6.61 Å². The average molecular weight is 182 g/mol. The molecule has 2 atom stereocenters. The second kappa shape index (κ2) is 4.20. The van der Waals surface area contributed by atoms with Gasteiger partial charge in [-0.25, -0.2) is 4.98 Å². The Bertz CT molecular complexity index is 281. The summed E-state index contributed by atoms with van der Waals surface area (Å²) >= 11 is 0. The molecule has 4 heteroatoms. The Morgan fingerprint density at radius 3 is 2.92 bits per heavy atom. The third-order valence-electron chi connectivity index (χ3n) is 1.89. The lowest BCUT2D eigenvalue weighted by molar-refractivity contribution is 0.175. The van der Waals surface area contributed by atoms with Crippen LogP contribution in [0.1, 0.15) is 24.9 Å². The molecule has 4 nitrogen and oxygen atoms in total. The zero-order valence-electron chi connectivity index (χ0n) is 7.59. The Morgan fingerprint density at radius 1 is 1.77 bits per heavy atom. The van der Waals surface area contributed by atoms with Crippen molar-refractivity contribution in [1.82, 2.24) is 9.55 Å². The maximum Gasteiger partial charge on any atom is 0.137 e. The molecule has 0 saturated heterocycles. The highest BCUT2D eigenvalue weighted by atomic mass is 16.3. The van der Waals surface area contributed by atoms with Crippen molar-refractivity contribution in [3.8, 4) is 0 Å². The van der Waals surface area contributed by atoms with Gasteiger partial charge in [-0.1, -0.05) is 6.08 Å². The van der Waals surface area contributed by atoms with Gasteiger partial charge in [0.1, 0.15) is 11.9 Å². The molecule has 1 rings (SSSR count). The van der Waals surface area contributed by atoms with Crippen molar-refractivity contribution in [2.24, 2.45) is 0 Å². The smallest absolute Gasteiger partial charge is 0.137 e. The van der Waals surface area contributed by atoms with E-state index in [1.54, 1.807) is 30.0 Å². The first-order chi connectivity index (χ1) is 6.20. The Balaban J connectivity index is 2.98. The van der Waals surface area contributed by atoms with Gasteiger partial charge in [-0.05, 0) is 6.92 Å². The molecule has 0 bridgehead atoms. The molecule has 0 radical (unpaired) electrons. The van der Waals surface area contributed by atoms with E-state index in [1.165, 1.54) is 0 Å². The van der Waals surface area contributed by atoms with Gasteiger partial charge in [0.15, 0.2) is 0 Å². The zero-order chi connectivity index (χ0) is 9.84. The number of rotatable bonds is 4. The third-order valence-corrected chi connectivity index (χ3v) is 1.89. The van der Waals surface area contributed by atoms with Crippen molar-refractivity contribution in [1.29, 1.82) is 0 Å². The lowest BCUT2D eigenvalue weighted by Crippen LogP contribution is -2.14. The summed E-state index contributed by atoms with van der Waals surface area (Å²) < 4.78 is 1.71. The minimum absolute atomic E-state index is 0.0421. The van der Waals surface area contributed by atoms with Gasteiger partial charge in [0, 0.05) is 12.4 Å². The monoisotopic (exact) mass is 182 g/mol. The topological polar surface area (TPSA) is 58.3 Å². The highest BCUT2D eigenvalue weighted by Crippen LogP contribution is 2.15. The predicted octanol–water partition coefficient (Wildman–Crippen LogP) is 0.656. The van der Waals surface area contributed by atoms with Crippen LogP contribution in [0.25, 0.3) is 0 Å². The van der Waals surface area contributed by atoms with E-state index in [4.69, 9.17) is 5.11 Å². The van der Waals surface area contributed by atoms with Crippen LogP contribution in [-0.4, -0.2) is 26.4 Å². The fourth-order valence-corrected chi connectivity index (χ4v) is 1.20. The number of aliphatic hydroxyl groups excluding tert-OH is 2. The third kappa shape index (κ3) is 1.96. The van der Waals surface area contributed by atoms with Crippen LogP contribution in [0.5, 0.6) is 0 Å². The first-order valence-corrected chi connectivity index (χ1v) is 4.15. The standard InChI is InChI=1S/C9H14N2O2/c1-3-8(6-12)11-5-4-10-9(11)7(2)13/h3-5,7-8,12-13H,1,6H2,2H3/t7-,8?/m0/s1. The van der Waals surface area contributed by atoms with Crippen LogP contribution in [-0.2, 0) is 0 Å². The molecule has 0 aliphatic heterocycles. The summed E-state index contributed by atoms with van der Waals surface area (Å²) in [6.45, 7) is 5.19. The summed E-state index contributed by atoms with van der Waals surface area (Å²) in [4.78, 5) is 3.99. The fraction of sp³-hybridized carbons (Fsp3) is 0.444. The molecule has 1 aromatic rings. The lowest BCUT2D eigenvalue weighted by atomic mass is 10.3. The number of aliphatic hydroxyl groups is 2. The van der Waals surface area contributed by atoms with Crippen LogP contribution in [0.15, 0.2) is 25.0 Å². The normalized spacial score (nSPS) is 15.3. The number of aromatic nitrogens is 2. The quantitative estimate of drug-likeness (QED) is 0.672. The SMILES string of the molecule is C=CC(CO)n1ccnc1[C@H](C)O. The van der Waals surface area contributed by atoms with Crippen LogP contribution >= 0.6 is 0 Å². The summed E-state index contributed by atoms with van der Waals surface area (Å²) in [5, 5.41) is 18.3. The highest BCUT2D eigenvalue weighted by Gasteiger charge is 2.13. The summed E-state index contributed by atoms with van der Waals surface area (Å²) in [7, 11) is 0. The van der Waals surface area contributed by atoms with Gasteiger partial charge in [0.2, 0.25) is 0 Å². The Kier molecular flexibility index (Phi) is 3.22. The molecule has 0 aliphatic rings. The number of hydrogen-bond donors (Lipinski definition) is 2. The summed E-state index contributed by atoms with van der Waals surface area (Å²) in [6, 6.07) is -0.216. The largest absolute Gasteiger partial charge is 0.394 e. The molecule has 1 aromatic heterocycles. The minimum Gasteiger partial charge on any atom is -0.394 e. The molecule has 0 saturated carbocycles. The minimum atomic E-state index is -0.635. The molecule has 2 N–H and O–H groups in total. The molecule has 0 aromatic carbocycles. The molecule has 0 aliphatic carbocycles. The van der Waals surface area contributed by atoms with Crippen LogP contribution < -0.4 is 0 Å². The van der Waals surface area contributed by atoms with Gasteiger partial charge in [-0.15, -0.1) is 6.58 Å². The average Bonchev–Trinajstić information content (AvgIpc) is 2.55. The molecule has 0 amide bonds. The molecule has 0 fully saturated rings. The maximum absolute atomic E-state index is 9.33. The second-order valence-electron chi connectivity index (χ2n) is 2.85. The maximum atomic E-state index is 9.33. The summed E-state index contributed by atoms with van der Waals surface area (Å²) in [5.41, 5.74) is 0. The molecule has 1 heterocycles. The van der Waals surface area contributed by atoms with Crippen molar-refractivity contribution in [3.63, 3.8) is 0 Å². The lowest BCUT2D eigenvalue weighted by Gasteiger charge is -2.15. The highest BCUT2D eigenvalue weighted by molar-refractivity contribution is 5.01. The Morgan fingerprint density at radius 2 is 2.46 bits per heavy atom. The van der Waals surface area contributed by atoms with Crippen molar-refractivity contribution >= 4 is 0 Å². The van der Waals surface area contributed by atoms with E-state index in [0.29, 0.717) is 5.82 Å². The molecular weight excluding hydrogens is 168 g/mol. The number of imidazole rings is 1. The summed E-state index contributed by atoms with van der Waals surface area (Å²) in [6.07, 6.45) is 4.29. The first-order valence-electron chi connectivity index (χ1n) is 4.15. The van der Waals surface area contributed by atoms with E-state index in [0.717, 1.165) is 0 Å². The van der Waals surface area contributed by atoms with Crippen LogP contribution in [0.4, 0.5) is 0 Å². The fourth-order valence-electron chi connectivity index (χ4n) is 1.20. The van der Waals surface area contributed by atoms with Gasteiger partial charge in [-0.3, -0.25) is 0 Å². The van der Waals surface area contributed by atoms with Gasteiger partial charge in [-0.2, -0.15) is 0 Å². The number of nitrogens with zero attached hydrogens (tertiary/aromatic N) is 2. The van der Waals surface area contributed by atoms with Crippen LogP contribution in [0.3, 0.4) is 0 Å². The molecular formula is C9H14N2O2. The number of hydrogen-bond acceptors (Lipinski definition) is 3. The van der Waals surface area contributed by atoms with E-state index >= 15 is 0 Å². The zero-order valence-corrected chi connectivity index (χ0v) is 7.59. The van der Waals surface area contributed by atoms with Crippen molar-refractivity contribution < 1.29 is 10.2 Å². The van der Waals surface area contributed by atoms with Crippen LogP contribution in [0, 0.1) is 0 Å². The first kappa shape index (κ1) is 9.95. The van der Waals surface area contributed by atoms with Crippen molar-refractivity contribution in [2.45, 2.75) is 19.1 Å². The molecule has 1 unspecified atom stereocenters. The molecule has 72 valence electrons. The molecule has 0 spiro atoms. The summed E-state index contributed by atoms with van der Waals surface area (Å²) in [5.74, 6) is 0.541. The predicted molar refractivity (Wildman–Crippen MR) is 49.2 cm³/mol. The van der Waals surface area contributed by atoms with E-state index in [2.05, 4.69) is 11.6 Å². The van der Waals surface area contributed by atoms with E-state index in [1.807, 2.05) is 0 Å². The van der Waals surface area contributed by atoms with Gasteiger partial charge < -0.3 is 14.8 Å². The van der Waals surface area contributed by atoms with Gasteiger partial charge >= 0.3 is 0 Å². The second-order valence-corrected chi connectivity index (χ2v) is 2.85. The Hall–Kier alpha value is -1.13. The van der Waals surface area contributed by atoms with E-state index < -0.39 is 6.10 Å².